The van der Waals surface area contributed by atoms with Crippen LogP contribution in [0.4, 0.5) is 11.4 Å². The zero-order chi connectivity index (χ0) is 55.5. The SMILES string of the molecule is C=CC1CC(C=C)C(CN(c2ccc3ccc4cccc5ccc2c3c45)c2ccc3ccc4cccc5ccc2c3c45)C1.NC(c1ccc2ccc3cccc4ccc1c2c34)(c1ccc2ccc3cccc4ccc1c2c34)C1CC2C=CC1C2. The van der Waals surface area contributed by atoms with Gasteiger partial charge in [-0.25, -0.2) is 0 Å². The maximum atomic E-state index is 8.10. The van der Waals surface area contributed by atoms with Gasteiger partial charge in [-0.1, -0.05) is 231 Å². The number of nitrogens with two attached hydrogens (primary N) is 1. The maximum absolute atomic E-state index is 8.10. The van der Waals surface area contributed by atoms with Gasteiger partial charge >= 0.3 is 0 Å². The van der Waals surface area contributed by atoms with Crippen molar-refractivity contribution in [3.05, 3.63) is 267 Å². The number of rotatable bonds is 9. The highest BCUT2D eigenvalue weighted by Gasteiger charge is 2.50. The number of anilines is 2. The molecule has 0 radical (unpaired) electrons. The molecule has 84 heavy (non-hydrogen) atoms. The molecule has 2 nitrogen and oxygen atoms in total. The molecule has 2 N–H and O–H groups in total. The van der Waals surface area contributed by atoms with Gasteiger partial charge in [-0.15, -0.1) is 13.2 Å². The zero-order valence-electron chi connectivity index (χ0n) is 47.0. The Morgan fingerprint density at radius 3 is 1.10 bits per heavy atom. The van der Waals surface area contributed by atoms with E-state index in [1.165, 1.54) is 158 Å². The van der Waals surface area contributed by atoms with E-state index in [0.717, 1.165) is 25.8 Å². The minimum atomic E-state index is -0.630. The van der Waals surface area contributed by atoms with Crippen LogP contribution in [0.15, 0.2) is 256 Å². The van der Waals surface area contributed by atoms with E-state index in [1.807, 2.05) is 0 Å². The first-order chi connectivity index (χ1) is 41.4. The van der Waals surface area contributed by atoms with E-state index in [4.69, 9.17) is 5.73 Å². The highest BCUT2D eigenvalue weighted by molar-refractivity contribution is 6.29. The predicted molar refractivity (Wildman–Crippen MR) is 361 cm³/mol. The summed E-state index contributed by atoms with van der Waals surface area (Å²) in [4.78, 5) is 2.64. The van der Waals surface area contributed by atoms with Crippen molar-refractivity contribution < 1.29 is 0 Å². The smallest absolute Gasteiger partial charge is 0.0712 e. The van der Waals surface area contributed by atoms with Gasteiger partial charge in [0.25, 0.3) is 0 Å². The Bertz CT molecular complexity index is 5010. The first kappa shape index (κ1) is 48.2. The summed E-state index contributed by atoms with van der Waals surface area (Å²) in [6, 6.07) is 82.2. The van der Waals surface area contributed by atoms with Crippen LogP contribution in [-0.4, -0.2) is 6.54 Å². The van der Waals surface area contributed by atoms with E-state index >= 15 is 0 Å². The molecule has 0 saturated heterocycles. The lowest BCUT2D eigenvalue weighted by atomic mass is 9.66. The minimum absolute atomic E-state index is 0.342. The Balaban J connectivity index is 0.000000128. The van der Waals surface area contributed by atoms with E-state index in [2.05, 4.69) is 261 Å². The predicted octanol–water partition coefficient (Wildman–Crippen LogP) is 21.5. The summed E-state index contributed by atoms with van der Waals surface area (Å²) in [5.41, 5.74) is 12.6. The molecule has 2 saturated carbocycles. The average molecular weight is 1080 g/mol. The molecule has 16 aromatic carbocycles. The molecule has 6 unspecified atom stereocenters. The lowest BCUT2D eigenvalue weighted by Crippen LogP contribution is -2.47. The topological polar surface area (TPSA) is 29.3 Å². The van der Waals surface area contributed by atoms with Crippen molar-refractivity contribution in [3.8, 4) is 0 Å². The Kier molecular flexibility index (Phi) is 10.4. The third-order valence-electron chi connectivity index (χ3n) is 21.2. The average Bonchev–Trinajstić information content (AvgIpc) is 1.97. The zero-order valence-corrected chi connectivity index (χ0v) is 47.0. The van der Waals surface area contributed by atoms with Crippen molar-refractivity contribution >= 4 is 141 Å². The fraction of sp³-hybridized carbons (Fsp3) is 0.146. The van der Waals surface area contributed by atoms with Crippen LogP contribution < -0.4 is 10.6 Å². The highest BCUT2D eigenvalue weighted by atomic mass is 15.1. The minimum Gasteiger partial charge on any atom is -0.340 e. The van der Waals surface area contributed by atoms with Crippen molar-refractivity contribution in [2.75, 3.05) is 11.4 Å². The van der Waals surface area contributed by atoms with E-state index in [0.29, 0.717) is 35.5 Å². The molecule has 0 heterocycles. The van der Waals surface area contributed by atoms with Crippen molar-refractivity contribution in [2.24, 2.45) is 41.2 Å². The van der Waals surface area contributed by atoms with Crippen molar-refractivity contribution in [2.45, 2.75) is 31.2 Å². The van der Waals surface area contributed by atoms with Gasteiger partial charge in [-0.05, 0) is 203 Å². The lowest BCUT2D eigenvalue weighted by molar-refractivity contribution is 0.286. The van der Waals surface area contributed by atoms with Gasteiger partial charge in [0.05, 0.1) is 5.54 Å². The standard InChI is InChI=1S/C42H33N.C40H29N/c1-3-26-23-27(4-2)34(24-26)25-43(37-21-17-32-13-11-28-7-5-9-30-15-19-35(37)41(32)39(28)30)38-22-18-33-14-12-29-8-6-10-31-16-20-36(38)42(33)40(29)31;41-40(35-22-23-7-8-30(35)21-23,33-19-15-28-11-9-24-3-1-5-26-13-17-31(33)38(28)36(24)26)34-20-16-29-12-10-25-4-2-6-27-14-18-32(34)39(29)37(25)27/h3-22,26-27,34H,1-2,23-25H2;1-20,23,30,35H,21-22,41H2. The Morgan fingerprint density at radius 1 is 0.369 bits per heavy atom. The van der Waals surface area contributed by atoms with Gasteiger partial charge < -0.3 is 10.6 Å². The molecular formula is C82H62N2. The van der Waals surface area contributed by atoms with Gasteiger partial charge in [0, 0.05) is 28.7 Å². The molecule has 3 aliphatic rings. The normalized spacial score (nSPS) is 19.9. The van der Waals surface area contributed by atoms with E-state index in [1.54, 1.807) is 0 Å². The number of hydrogen-bond acceptors (Lipinski definition) is 2. The molecule has 3 aliphatic carbocycles. The molecule has 0 aromatic heterocycles. The number of fused-ring (bicyclic) bond motifs is 2. The monoisotopic (exact) mass is 1070 g/mol. The lowest BCUT2D eigenvalue weighted by Gasteiger charge is -2.42. The Labute approximate surface area is 488 Å². The summed E-state index contributed by atoms with van der Waals surface area (Å²) in [6.07, 6.45) is 13.9. The van der Waals surface area contributed by atoms with Crippen LogP contribution in [-0.2, 0) is 5.54 Å². The first-order valence-corrected chi connectivity index (χ1v) is 30.6. The third kappa shape index (κ3) is 6.83. The summed E-state index contributed by atoms with van der Waals surface area (Å²) in [7, 11) is 0. The van der Waals surface area contributed by atoms with Crippen LogP contribution in [0.1, 0.15) is 36.8 Å². The second-order valence-corrected chi connectivity index (χ2v) is 25.3. The summed E-state index contributed by atoms with van der Waals surface area (Å²) < 4.78 is 0. The van der Waals surface area contributed by atoms with Crippen LogP contribution in [0.25, 0.3) is 129 Å². The molecule has 0 aliphatic heterocycles. The largest absolute Gasteiger partial charge is 0.340 e. The van der Waals surface area contributed by atoms with Gasteiger partial charge in [-0.3, -0.25) is 0 Å². The molecule has 2 bridgehead atoms. The molecule has 19 rings (SSSR count). The van der Waals surface area contributed by atoms with Gasteiger partial charge in [0.15, 0.2) is 0 Å². The van der Waals surface area contributed by atoms with Crippen molar-refractivity contribution in [3.63, 3.8) is 0 Å². The van der Waals surface area contributed by atoms with Gasteiger partial charge in [0.2, 0.25) is 0 Å². The summed E-state index contributed by atoms with van der Waals surface area (Å²) in [5.74, 6) is 2.99. The van der Waals surface area contributed by atoms with E-state index < -0.39 is 5.54 Å². The molecule has 400 valence electrons. The van der Waals surface area contributed by atoms with Gasteiger partial charge in [-0.2, -0.15) is 0 Å². The second kappa shape index (κ2) is 18.1. The van der Waals surface area contributed by atoms with Crippen LogP contribution in [0.5, 0.6) is 0 Å². The van der Waals surface area contributed by atoms with Crippen LogP contribution in [0.3, 0.4) is 0 Å². The molecule has 0 spiro atoms. The third-order valence-corrected chi connectivity index (χ3v) is 21.2. The van der Waals surface area contributed by atoms with E-state index in [9.17, 15) is 0 Å². The highest BCUT2D eigenvalue weighted by Crippen LogP contribution is 2.56. The molecular weight excluding hydrogens is 1010 g/mol. The maximum Gasteiger partial charge on any atom is 0.0712 e. The number of allylic oxidation sites excluding steroid dienone is 4. The second-order valence-electron chi connectivity index (χ2n) is 25.3. The molecule has 0 amide bonds. The summed E-state index contributed by atoms with van der Waals surface area (Å²) in [6.45, 7) is 9.38. The Hall–Kier alpha value is -9.34. The number of hydrogen-bond donors (Lipinski definition) is 1. The Morgan fingerprint density at radius 2 is 0.726 bits per heavy atom. The van der Waals surface area contributed by atoms with E-state index in [-0.39, 0.29) is 0 Å². The van der Waals surface area contributed by atoms with Crippen LogP contribution >= 0.6 is 0 Å². The van der Waals surface area contributed by atoms with Crippen molar-refractivity contribution in [1.29, 1.82) is 0 Å². The van der Waals surface area contributed by atoms with Crippen LogP contribution in [0, 0.1) is 35.5 Å². The quantitative estimate of drug-likeness (QED) is 0.115. The number of benzene rings is 16. The molecule has 16 aromatic rings. The molecule has 2 fully saturated rings. The molecule has 2 heteroatoms. The fourth-order valence-corrected chi connectivity index (χ4v) is 17.4. The van der Waals surface area contributed by atoms with Crippen LogP contribution in [0.2, 0.25) is 0 Å². The summed E-state index contributed by atoms with van der Waals surface area (Å²) in [5, 5.41) is 31.7. The fourth-order valence-electron chi connectivity index (χ4n) is 17.4. The first-order valence-electron chi connectivity index (χ1n) is 30.6. The summed E-state index contributed by atoms with van der Waals surface area (Å²) >= 11 is 0. The van der Waals surface area contributed by atoms with Crippen molar-refractivity contribution in [1.82, 2.24) is 0 Å². The van der Waals surface area contributed by atoms with Gasteiger partial charge in [0.1, 0.15) is 0 Å². The number of nitrogens with zero attached hydrogens (tertiary/aromatic N) is 1. The molecule has 6 atom stereocenters.